The van der Waals surface area contributed by atoms with Gasteiger partial charge in [-0.05, 0) is 31.9 Å². The van der Waals surface area contributed by atoms with Gasteiger partial charge in [0, 0.05) is 31.4 Å². The second kappa shape index (κ2) is 8.99. The summed E-state index contributed by atoms with van der Waals surface area (Å²) in [5, 5.41) is 4.21. The number of nitrogens with zero attached hydrogens (tertiary/aromatic N) is 4. The van der Waals surface area contributed by atoms with Crippen LogP contribution in [0.15, 0.2) is 28.2 Å². The van der Waals surface area contributed by atoms with Gasteiger partial charge in [-0.3, -0.25) is 14.2 Å². The van der Waals surface area contributed by atoms with Crippen LogP contribution in [-0.2, 0) is 11.3 Å². The molecular formula is C21H23N5O4S2. The van der Waals surface area contributed by atoms with Crippen molar-refractivity contribution in [2.24, 2.45) is 0 Å². The first-order valence-electron chi connectivity index (χ1n) is 10.6. The van der Waals surface area contributed by atoms with E-state index in [0.29, 0.717) is 52.4 Å². The van der Waals surface area contributed by atoms with E-state index in [0.717, 1.165) is 31.1 Å². The van der Waals surface area contributed by atoms with E-state index in [9.17, 15) is 9.59 Å². The lowest BCUT2D eigenvalue weighted by Crippen LogP contribution is -2.23. The zero-order valence-corrected chi connectivity index (χ0v) is 19.3. The minimum atomic E-state index is -0.195. The van der Waals surface area contributed by atoms with Gasteiger partial charge < -0.3 is 19.7 Å². The van der Waals surface area contributed by atoms with E-state index in [-0.39, 0.29) is 17.2 Å². The summed E-state index contributed by atoms with van der Waals surface area (Å²) in [6.45, 7) is 5.30. The molecule has 0 radical (unpaired) electrons. The Balaban J connectivity index is 1.32. The average molecular weight is 474 g/mol. The topological polar surface area (TPSA) is 98.6 Å². The molecule has 1 fully saturated rings. The Morgan fingerprint density at radius 2 is 1.97 bits per heavy atom. The predicted molar refractivity (Wildman–Crippen MR) is 126 cm³/mol. The number of carbonyl (C=O) groups excluding carboxylic acids is 1. The van der Waals surface area contributed by atoms with Crippen LogP contribution in [0.2, 0.25) is 0 Å². The van der Waals surface area contributed by atoms with Crippen LogP contribution in [0.4, 0.5) is 10.8 Å². The number of rotatable bonds is 6. The molecule has 4 heterocycles. The van der Waals surface area contributed by atoms with Crippen molar-refractivity contribution in [2.75, 3.05) is 42.3 Å². The molecule has 0 bridgehead atoms. The van der Waals surface area contributed by atoms with Crippen LogP contribution in [0.1, 0.15) is 19.8 Å². The van der Waals surface area contributed by atoms with Crippen LogP contribution in [-0.4, -0.2) is 52.5 Å². The number of thiazole rings is 1. The summed E-state index contributed by atoms with van der Waals surface area (Å²) in [5.74, 6) is 1.21. The molecule has 3 aromatic rings. The molecule has 5 rings (SSSR count). The van der Waals surface area contributed by atoms with Gasteiger partial charge in [-0.1, -0.05) is 23.1 Å². The molecule has 0 spiro atoms. The summed E-state index contributed by atoms with van der Waals surface area (Å²) in [6, 6.07) is 5.30. The van der Waals surface area contributed by atoms with Crippen molar-refractivity contribution in [1.29, 1.82) is 0 Å². The van der Waals surface area contributed by atoms with Crippen molar-refractivity contribution >= 4 is 50.2 Å². The van der Waals surface area contributed by atoms with Gasteiger partial charge in [0.2, 0.25) is 5.91 Å². The zero-order valence-electron chi connectivity index (χ0n) is 17.6. The van der Waals surface area contributed by atoms with E-state index >= 15 is 0 Å². The molecule has 2 aliphatic heterocycles. The Kier molecular flexibility index (Phi) is 5.92. The molecule has 9 nitrogen and oxygen atoms in total. The van der Waals surface area contributed by atoms with Gasteiger partial charge in [-0.25, -0.2) is 4.98 Å². The Morgan fingerprint density at radius 1 is 1.19 bits per heavy atom. The maximum absolute atomic E-state index is 13.0. The maximum atomic E-state index is 13.0. The average Bonchev–Trinajstić information content (AvgIpc) is 3.48. The largest absolute Gasteiger partial charge is 0.486 e. The van der Waals surface area contributed by atoms with E-state index in [1.54, 1.807) is 22.8 Å². The molecule has 0 unspecified atom stereocenters. The van der Waals surface area contributed by atoms with Gasteiger partial charge in [0.25, 0.3) is 5.56 Å². The van der Waals surface area contributed by atoms with Crippen LogP contribution in [0.25, 0.3) is 10.3 Å². The normalized spacial score (nSPS) is 15.3. The number of benzene rings is 1. The number of carbonyl (C=O) groups is 1. The Labute approximate surface area is 192 Å². The highest BCUT2D eigenvalue weighted by Crippen LogP contribution is 2.33. The van der Waals surface area contributed by atoms with Crippen LogP contribution in [0, 0.1) is 0 Å². The third-order valence-corrected chi connectivity index (χ3v) is 7.39. The number of hydrogen-bond donors (Lipinski definition) is 1. The Morgan fingerprint density at radius 3 is 2.75 bits per heavy atom. The number of aromatic nitrogens is 3. The van der Waals surface area contributed by atoms with Crippen LogP contribution in [0.5, 0.6) is 11.5 Å². The first-order valence-corrected chi connectivity index (χ1v) is 12.4. The van der Waals surface area contributed by atoms with Crippen molar-refractivity contribution < 1.29 is 14.3 Å². The van der Waals surface area contributed by atoms with Crippen molar-refractivity contribution in [3.05, 3.63) is 28.6 Å². The molecule has 11 heteroatoms. The summed E-state index contributed by atoms with van der Waals surface area (Å²) >= 11 is 2.64. The molecule has 2 aliphatic rings. The lowest BCUT2D eigenvalue weighted by atomic mass is 10.2. The van der Waals surface area contributed by atoms with E-state index in [1.807, 2.05) is 6.92 Å². The highest BCUT2D eigenvalue weighted by molar-refractivity contribution is 7.99. The lowest BCUT2D eigenvalue weighted by Gasteiger charge is -2.19. The summed E-state index contributed by atoms with van der Waals surface area (Å²) in [6.07, 6.45) is 2.28. The number of thioether (sulfide) groups is 1. The SMILES string of the molecule is CCn1c(SCC(=O)Nc2ccc3c(c2)OCCO3)nc2nc(N3CCCC3)sc2c1=O. The first-order chi connectivity index (χ1) is 15.6. The second-order valence-corrected chi connectivity index (χ2v) is 9.40. The van der Waals surface area contributed by atoms with Crippen molar-refractivity contribution in [3.63, 3.8) is 0 Å². The second-order valence-electron chi connectivity index (χ2n) is 7.48. The Hall–Kier alpha value is -2.79. The highest BCUT2D eigenvalue weighted by Gasteiger charge is 2.21. The zero-order chi connectivity index (χ0) is 22.1. The van der Waals surface area contributed by atoms with Crippen LogP contribution in [0.3, 0.4) is 0 Å². The van der Waals surface area contributed by atoms with Gasteiger partial charge in [0.15, 0.2) is 27.4 Å². The molecule has 0 aliphatic carbocycles. The van der Waals surface area contributed by atoms with E-state index < -0.39 is 0 Å². The van der Waals surface area contributed by atoms with Gasteiger partial charge in [-0.2, -0.15) is 4.98 Å². The van der Waals surface area contributed by atoms with E-state index in [1.165, 1.54) is 23.1 Å². The van der Waals surface area contributed by atoms with Crippen LogP contribution < -0.4 is 25.2 Å². The molecular weight excluding hydrogens is 450 g/mol. The third-order valence-electron chi connectivity index (χ3n) is 5.32. The van der Waals surface area contributed by atoms with Gasteiger partial charge in [0.05, 0.1) is 5.75 Å². The van der Waals surface area contributed by atoms with Crippen molar-refractivity contribution in [2.45, 2.75) is 31.5 Å². The predicted octanol–water partition coefficient (Wildman–Crippen LogP) is 2.98. The quantitative estimate of drug-likeness (QED) is 0.431. The third kappa shape index (κ3) is 4.14. The molecule has 1 N–H and O–H groups in total. The van der Waals surface area contributed by atoms with Crippen molar-refractivity contribution in [3.8, 4) is 11.5 Å². The van der Waals surface area contributed by atoms with Gasteiger partial charge in [-0.15, -0.1) is 0 Å². The number of ether oxygens (including phenoxy) is 2. The number of amides is 1. The summed E-state index contributed by atoms with van der Waals surface area (Å²) in [7, 11) is 0. The molecule has 1 amide bonds. The maximum Gasteiger partial charge on any atom is 0.273 e. The number of anilines is 2. The number of hydrogen-bond acceptors (Lipinski definition) is 9. The summed E-state index contributed by atoms with van der Waals surface area (Å²) in [4.78, 5) is 37.0. The fraction of sp³-hybridized carbons (Fsp3) is 0.429. The first kappa shape index (κ1) is 21.1. The molecule has 0 saturated carbocycles. The van der Waals surface area contributed by atoms with E-state index in [4.69, 9.17) is 9.47 Å². The van der Waals surface area contributed by atoms with Crippen molar-refractivity contribution in [1.82, 2.24) is 14.5 Å². The minimum absolute atomic E-state index is 0.102. The monoisotopic (exact) mass is 473 g/mol. The molecule has 2 aromatic heterocycles. The van der Waals surface area contributed by atoms with Crippen LogP contribution >= 0.6 is 23.1 Å². The summed E-state index contributed by atoms with van der Waals surface area (Å²) in [5.41, 5.74) is 0.988. The molecule has 32 heavy (non-hydrogen) atoms. The minimum Gasteiger partial charge on any atom is -0.486 e. The highest BCUT2D eigenvalue weighted by atomic mass is 32.2. The number of nitrogens with one attached hydrogen (secondary N) is 1. The molecule has 168 valence electrons. The fourth-order valence-electron chi connectivity index (χ4n) is 3.76. The molecule has 1 aromatic carbocycles. The molecule has 1 saturated heterocycles. The van der Waals surface area contributed by atoms with E-state index in [2.05, 4.69) is 20.2 Å². The fourth-order valence-corrected chi connectivity index (χ4v) is 5.62. The lowest BCUT2D eigenvalue weighted by molar-refractivity contribution is -0.113. The van der Waals surface area contributed by atoms with Gasteiger partial charge in [0.1, 0.15) is 17.9 Å². The summed E-state index contributed by atoms with van der Waals surface area (Å²) < 4.78 is 13.2. The number of fused-ring (bicyclic) bond motifs is 2. The molecule has 0 atom stereocenters. The Bertz CT molecular complexity index is 1220. The smallest absolute Gasteiger partial charge is 0.273 e. The standard InChI is InChI=1S/C21H23N5O4S2/c1-2-26-19(28)17-18(23-20(32-17)25-7-3-4-8-25)24-21(26)31-12-16(27)22-13-5-6-14-15(11-13)30-10-9-29-14/h5-6,11H,2-4,7-10,12H2,1H3,(H,22,27). The van der Waals surface area contributed by atoms with Gasteiger partial charge >= 0.3 is 0 Å².